The summed E-state index contributed by atoms with van der Waals surface area (Å²) in [5.74, 6) is 2.64. The molecule has 0 amide bonds. The van der Waals surface area contributed by atoms with Crippen LogP contribution in [0.1, 0.15) is 19.8 Å². The number of anilines is 2. The minimum absolute atomic E-state index is 0.423. The Morgan fingerprint density at radius 2 is 2.04 bits per heavy atom. The molecule has 0 saturated carbocycles. The lowest BCUT2D eigenvalue weighted by Crippen LogP contribution is -2.24. The molecule has 1 unspecified atom stereocenters. The minimum Gasteiger partial charge on any atom is -0.492 e. The first kappa shape index (κ1) is 22.7. The fourth-order valence-corrected chi connectivity index (χ4v) is 4.87. The topological polar surface area (TPSA) is 49.8 Å². The summed E-state index contributed by atoms with van der Waals surface area (Å²) < 4.78 is 5.89. The summed E-state index contributed by atoms with van der Waals surface area (Å²) in [5.41, 5.74) is 2.49. The third-order valence-corrected chi connectivity index (χ3v) is 6.62. The van der Waals surface area contributed by atoms with E-state index in [9.17, 15) is 4.79 Å². The Hall–Kier alpha value is -1.63. The normalized spacial score (nSPS) is 15.7. The van der Waals surface area contributed by atoms with Crippen LogP contribution in [0.15, 0.2) is 52.3 Å². The van der Waals surface area contributed by atoms with Gasteiger partial charge in [-0.3, -0.25) is 0 Å². The smallest absolute Gasteiger partial charge is 0.134 e. The van der Waals surface area contributed by atoms with Crippen LogP contribution in [0.3, 0.4) is 0 Å². The Balaban J connectivity index is 0.00000136. The van der Waals surface area contributed by atoms with Crippen molar-refractivity contribution in [3.05, 3.63) is 42.5 Å². The molecule has 28 heavy (non-hydrogen) atoms. The quantitative estimate of drug-likeness (QED) is 0.376. The Bertz CT molecular complexity index is 740. The molecule has 0 aliphatic carbocycles. The van der Waals surface area contributed by atoms with E-state index in [2.05, 4.69) is 60.5 Å². The number of carbonyl (C=O) groups is 1. The molecule has 1 atom stereocenters. The van der Waals surface area contributed by atoms with Gasteiger partial charge in [0, 0.05) is 36.4 Å². The summed E-state index contributed by atoms with van der Waals surface area (Å²) >= 11 is 3.60. The van der Waals surface area contributed by atoms with Gasteiger partial charge >= 0.3 is 0 Å². The number of thioether (sulfide) groups is 2. The van der Waals surface area contributed by atoms with Gasteiger partial charge in [0.05, 0.1) is 17.2 Å². The highest BCUT2D eigenvalue weighted by atomic mass is 32.2. The van der Waals surface area contributed by atoms with E-state index in [-0.39, 0.29) is 0 Å². The number of carbonyl (C=O) groups excluding carboxylic acids is 1. The van der Waals surface area contributed by atoms with E-state index in [0.717, 1.165) is 36.3 Å². The van der Waals surface area contributed by atoms with E-state index in [0.29, 0.717) is 18.9 Å². The number of aliphatic hydroxyl groups excluding tert-OH is 1. The Labute approximate surface area is 176 Å². The number of ether oxygens (including phenoxy) is 1. The fraction of sp³-hybridized carbons (Fsp3) is 0.409. The lowest BCUT2D eigenvalue weighted by molar-refractivity contribution is -0.108. The highest BCUT2D eigenvalue weighted by molar-refractivity contribution is 7.99. The predicted molar refractivity (Wildman–Crippen MR) is 120 cm³/mol. The van der Waals surface area contributed by atoms with Crippen LogP contribution in [0.25, 0.3) is 0 Å². The van der Waals surface area contributed by atoms with Crippen LogP contribution in [0.5, 0.6) is 5.75 Å². The highest BCUT2D eigenvalue weighted by Gasteiger charge is 2.24. The van der Waals surface area contributed by atoms with Crippen LogP contribution in [0.2, 0.25) is 0 Å². The third kappa shape index (κ3) is 5.69. The van der Waals surface area contributed by atoms with Gasteiger partial charge in [-0.25, -0.2) is 0 Å². The van der Waals surface area contributed by atoms with Crippen molar-refractivity contribution in [1.29, 1.82) is 0 Å². The van der Waals surface area contributed by atoms with Crippen molar-refractivity contribution in [3.63, 3.8) is 0 Å². The van der Waals surface area contributed by atoms with Gasteiger partial charge in [0.25, 0.3) is 0 Å². The van der Waals surface area contributed by atoms with Crippen molar-refractivity contribution in [2.45, 2.75) is 29.6 Å². The van der Waals surface area contributed by atoms with E-state index in [4.69, 9.17) is 9.84 Å². The van der Waals surface area contributed by atoms with E-state index < -0.39 is 0 Å². The number of rotatable bonds is 7. The number of para-hydroxylation sites is 1. The average molecular weight is 420 g/mol. The number of aldehydes is 1. The van der Waals surface area contributed by atoms with Gasteiger partial charge in [-0.15, -0.1) is 23.5 Å². The zero-order valence-electron chi connectivity index (χ0n) is 16.8. The van der Waals surface area contributed by atoms with Crippen LogP contribution in [-0.2, 0) is 4.79 Å². The second-order valence-electron chi connectivity index (χ2n) is 6.31. The molecule has 1 heterocycles. The lowest BCUT2D eigenvalue weighted by Gasteiger charge is -2.28. The van der Waals surface area contributed by atoms with Gasteiger partial charge in [-0.1, -0.05) is 31.5 Å². The van der Waals surface area contributed by atoms with Gasteiger partial charge in [0.2, 0.25) is 0 Å². The molecule has 0 spiro atoms. The molecule has 6 heteroatoms. The number of benzene rings is 2. The molecule has 0 fully saturated rings. The average Bonchev–Trinajstić information content (AvgIpc) is 2.94. The molecule has 1 aliphatic rings. The molecule has 152 valence electrons. The maximum atomic E-state index is 10.6. The number of nitrogens with zero attached hydrogens (tertiary/aromatic N) is 1. The largest absolute Gasteiger partial charge is 0.492 e. The van der Waals surface area contributed by atoms with Crippen molar-refractivity contribution in [1.82, 2.24) is 0 Å². The second kappa shape index (κ2) is 12.0. The highest BCUT2D eigenvalue weighted by Crippen LogP contribution is 2.45. The molecule has 0 saturated heterocycles. The first-order valence-electron chi connectivity index (χ1n) is 9.45. The van der Waals surface area contributed by atoms with Crippen LogP contribution >= 0.6 is 23.5 Å². The van der Waals surface area contributed by atoms with Gasteiger partial charge < -0.3 is 19.5 Å². The van der Waals surface area contributed by atoms with E-state index >= 15 is 0 Å². The Morgan fingerprint density at radius 1 is 1.29 bits per heavy atom. The SMILES string of the molecule is CCC1CSc2cc(OCCC=O)c(SC)cc2N(c2ccccc2)C1.CO. The summed E-state index contributed by atoms with van der Waals surface area (Å²) in [4.78, 5) is 15.4. The van der Waals surface area contributed by atoms with E-state index in [1.165, 1.54) is 22.7 Å². The Morgan fingerprint density at radius 3 is 2.68 bits per heavy atom. The molecule has 1 N–H and O–H groups in total. The van der Waals surface area contributed by atoms with Gasteiger partial charge in [-0.2, -0.15) is 0 Å². The first-order chi connectivity index (χ1) is 13.8. The summed E-state index contributed by atoms with van der Waals surface area (Å²) in [6.45, 7) is 3.73. The number of fused-ring (bicyclic) bond motifs is 1. The summed E-state index contributed by atoms with van der Waals surface area (Å²) in [7, 11) is 1.00. The van der Waals surface area contributed by atoms with Gasteiger partial charge in [0.1, 0.15) is 12.0 Å². The van der Waals surface area contributed by atoms with Crippen LogP contribution in [0, 0.1) is 5.92 Å². The van der Waals surface area contributed by atoms with Crippen molar-refractivity contribution in [3.8, 4) is 5.75 Å². The molecule has 0 aromatic heterocycles. The summed E-state index contributed by atoms with van der Waals surface area (Å²) in [5, 5.41) is 7.00. The molecule has 0 bridgehead atoms. The lowest BCUT2D eigenvalue weighted by atomic mass is 10.1. The molecule has 0 radical (unpaired) electrons. The van der Waals surface area contributed by atoms with Crippen molar-refractivity contribution in [2.24, 2.45) is 5.92 Å². The molecular formula is C22H29NO3S2. The number of aliphatic hydroxyl groups is 1. The van der Waals surface area contributed by atoms with Crippen molar-refractivity contribution < 1.29 is 14.6 Å². The molecule has 2 aromatic rings. The second-order valence-corrected chi connectivity index (χ2v) is 8.22. The molecule has 2 aromatic carbocycles. The first-order valence-corrected chi connectivity index (χ1v) is 11.7. The third-order valence-electron chi connectivity index (χ3n) is 4.59. The zero-order valence-corrected chi connectivity index (χ0v) is 18.4. The maximum absolute atomic E-state index is 10.6. The molecular weight excluding hydrogens is 390 g/mol. The van der Waals surface area contributed by atoms with E-state index in [1.807, 2.05) is 11.8 Å². The van der Waals surface area contributed by atoms with Crippen LogP contribution < -0.4 is 9.64 Å². The molecule has 4 nitrogen and oxygen atoms in total. The number of hydrogen-bond donors (Lipinski definition) is 1. The van der Waals surface area contributed by atoms with Crippen molar-refractivity contribution in [2.75, 3.05) is 37.2 Å². The minimum atomic E-state index is 0.423. The molecule has 1 aliphatic heterocycles. The maximum Gasteiger partial charge on any atom is 0.134 e. The molecule has 3 rings (SSSR count). The Kier molecular flexibility index (Phi) is 9.75. The van der Waals surface area contributed by atoms with E-state index in [1.54, 1.807) is 11.8 Å². The fourth-order valence-electron chi connectivity index (χ4n) is 3.06. The van der Waals surface area contributed by atoms with Crippen LogP contribution in [0.4, 0.5) is 11.4 Å². The van der Waals surface area contributed by atoms with Gasteiger partial charge in [0.15, 0.2) is 0 Å². The standard InChI is InChI=1S/C21H25NO2S2.CH4O/c1-3-16-14-22(17-8-5-4-6-9-17)18-12-21(25-2)19(24-11-7-10-23)13-20(18)26-15-16;1-2/h4-6,8-10,12-13,16H,3,7,11,14-15H2,1-2H3;2H,1H3. The van der Waals surface area contributed by atoms with Gasteiger partial charge in [-0.05, 0) is 36.4 Å². The number of hydrogen-bond acceptors (Lipinski definition) is 6. The van der Waals surface area contributed by atoms with Crippen LogP contribution in [-0.4, -0.2) is 43.7 Å². The monoisotopic (exact) mass is 419 g/mol. The zero-order chi connectivity index (χ0) is 20.4. The summed E-state index contributed by atoms with van der Waals surface area (Å²) in [6, 6.07) is 15.0. The van der Waals surface area contributed by atoms with Crippen molar-refractivity contribution >= 4 is 41.2 Å². The summed E-state index contributed by atoms with van der Waals surface area (Å²) in [6.07, 6.45) is 4.56. The predicted octanol–water partition coefficient (Wildman–Crippen LogP) is 5.25.